The summed E-state index contributed by atoms with van der Waals surface area (Å²) in [5.41, 5.74) is 6.38. The first-order chi connectivity index (χ1) is 7.65. The van der Waals surface area contributed by atoms with Crippen molar-refractivity contribution in [3.63, 3.8) is 0 Å². The molecule has 1 aliphatic heterocycles. The Balaban J connectivity index is 1.95. The number of nitrogens with two attached hydrogens (primary N) is 1. The first-order valence-electron chi connectivity index (χ1n) is 6.11. The third kappa shape index (κ3) is 2.65. The Kier molecular flexibility index (Phi) is 3.32. The first-order valence-corrected chi connectivity index (χ1v) is 6.11. The maximum Gasteiger partial charge on any atom is 0.128 e. The molecule has 1 aliphatic rings. The van der Waals surface area contributed by atoms with Crippen LogP contribution in [0.1, 0.15) is 26.7 Å². The lowest BCUT2D eigenvalue weighted by Gasteiger charge is -2.18. The van der Waals surface area contributed by atoms with E-state index in [1.165, 1.54) is 12.8 Å². The van der Waals surface area contributed by atoms with Crippen LogP contribution in [0, 0.1) is 11.8 Å². The van der Waals surface area contributed by atoms with Crippen molar-refractivity contribution >= 4 is 11.5 Å². The van der Waals surface area contributed by atoms with Crippen LogP contribution in [0.15, 0.2) is 18.3 Å². The predicted octanol–water partition coefficient (Wildman–Crippen LogP) is 2.54. The molecule has 3 heteroatoms. The highest BCUT2D eigenvalue weighted by molar-refractivity contribution is 5.46. The highest BCUT2D eigenvalue weighted by Crippen LogP contribution is 2.26. The smallest absolute Gasteiger partial charge is 0.128 e. The Labute approximate surface area is 97.7 Å². The molecule has 16 heavy (non-hydrogen) atoms. The van der Waals surface area contributed by atoms with E-state index in [0.29, 0.717) is 0 Å². The molecule has 2 heterocycles. The minimum Gasteiger partial charge on any atom is -0.397 e. The molecule has 0 radical (unpaired) electrons. The van der Waals surface area contributed by atoms with Gasteiger partial charge in [0.25, 0.3) is 0 Å². The van der Waals surface area contributed by atoms with Gasteiger partial charge in [0.2, 0.25) is 0 Å². The van der Waals surface area contributed by atoms with Crippen LogP contribution in [0.2, 0.25) is 0 Å². The van der Waals surface area contributed by atoms with Crippen LogP contribution in [0.5, 0.6) is 0 Å². The molecule has 0 spiro atoms. The van der Waals surface area contributed by atoms with Gasteiger partial charge in [-0.1, -0.05) is 13.8 Å². The lowest BCUT2D eigenvalue weighted by atomic mass is 9.97. The van der Waals surface area contributed by atoms with E-state index in [1.54, 1.807) is 6.20 Å². The normalized spacial score (nSPS) is 20.7. The van der Waals surface area contributed by atoms with E-state index in [0.717, 1.165) is 36.4 Å². The Morgan fingerprint density at radius 1 is 1.50 bits per heavy atom. The second-order valence-electron chi connectivity index (χ2n) is 5.18. The molecule has 88 valence electrons. The van der Waals surface area contributed by atoms with Crippen molar-refractivity contribution in [3.05, 3.63) is 18.3 Å². The van der Waals surface area contributed by atoms with Crippen molar-refractivity contribution in [1.29, 1.82) is 0 Å². The van der Waals surface area contributed by atoms with E-state index in [4.69, 9.17) is 5.73 Å². The third-order valence-electron chi connectivity index (χ3n) is 3.19. The Morgan fingerprint density at radius 2 is 2.31 bits per heavy atom. The Morgan fingerprint density at radius 3 is 2.94 bits per heavy atom. The van der Waals surface area contributed by atoms with Crippen LogP contribution in [0.25, 0.3) is 0 Å². The van der Waals surface area contributed by atoms with Gasteiger partial charge >= 0.3 is 0 Å². The highest BCUT2D eigenvalue weighted by atomic mass is 15.2. The summed E-state index contributed by atoms with van der Waals surface area (Å²) in [6.45, 7) is 6.87. The maximum absolute atomic E-state index is 5.64. The molecular weight excluding hydrogens is 198 g/mol. The van der Waals surface area contributed by atoms with Crippen LogP contribution < -0.4 is 10.6 Å². The van der Waals surface area contributed by atoms with Crippen molar-refractivity contribution < 1.29 is 0 Å². The second-order valence-corrected chi connectivity index (χ2v) is 5.18. The number of anilines is 2. The summed E-state index contributed by atoms with van der Waals surface area (Å²) in [4.78, 5) is 6.74. The summed E-state index contributed by atoms with van der Waals surface area (Å²) in [6.07, 6.45) is 4.36. The summed E-state index contributed by atoms with van der Waals surface area (Å²) in [7, 11) is 0. The van der Waals surface area contributed by atoms with Crippen molar-refractivity contribution in [3.8, 4) is 0 Å². The molecule has 3 nitrogen and oxygen atoms in total. The number of aromatic nitrogens is 1. The van der Waals surface area contributed by atoms with Gasteiger partial charge in [0.05, 0.1) is 11.9 Å². The average Bonchev–Trinajstić information content (AvgIpc) is 2.66. The van der Waals surface area contributed by atoms with Gasteiger partial charge in [-0.05, 0) is 36.8 Å². The van der Waals surface area contributed by atoms with Crippen molar-refractivity contribution in [1.82, 2.24) is 4.98 Å². The molecule has 2 N–H and O–H groups in total. The predicted molar refractivity (Wildman–Crippen MR) is 68.4 cm³/mol. The Hall–Kier alpha value is -1.25. The molecule has 0 saturated carbocycles. The van der Waals surface area contributed by atoms with E-state index in [2.05, 4.69) is 23.7 Å². The fourth-order valence-corrected chi connectivity index (χ4v) is 2.48. The molecule has 1 saturated heterocycles. The van der Waals surface area contributed by atoms with E-state index >= 15 is 0 Å². The number of nitrogens with zero attached hydrogens (tertiary/aromatic N) is 2. The zero-order valence-electron chi connectivity index (χ0n) is 10.2. The van der Waals surface area contributed by atoms with Gasteiger partial charge in [-0.2, -0.15) is 0 Å². The van der Waals surface area contributed by atoms with E-state index < -0.39 is 0 Å². The lowest BCUT2D eigenvalue weighted by Crippen LogP contribution is -2.21. The molecule has 0 aromatic carbocycles. The molecule has 0 bridgehead atoms. The molecule has 0 amide bonds. The average molecular weight is 219 g/mol. The molecule has 1 fully saturated rings. The molecule has 1 aromatic rings. The second kappa shape index (κ2) is 4.73. The van der Waals surface area contributed by atoms with Gasteiger partial charge in [-0.3, -0.25) is 0 Å². The topological polar surface area (TPSA) is 42.1 Å². The third-order valence-corrected chi connectivity index (χ3v) is 3.19. The monoisotopic (exact) mass is 219 g/mol. The number of rotatable bonds is 3. The number of hydrogen-bond donors (Lipinski definition) is 1. The summed E-state index contributed by atoms with van der Waals surface area (Å²) in [5.74, 6) is 2.70. The molecule has 1 atom stereocenters. The quantitative estimate of drug-likeness (QED) is 0.849. The van der Waals surface area contributed by atoms with Gasteiger partial charge in [0, 0.05) is 13.1 Å². The van der Waals surface area contributed by atoms with Crippen LogP contribution in [0.4, 0.5) is 11.5 Å². The van der Waals surface area contributed by atoms with Crippen molar-refractivity contribution in [2.45, 2.75) is 26.7 Å². The zero-order valence-corrected chi connectivity index (χ0v) is 10.2. The summed E-state index contributed by atoms with van der Waals surface area (Å²) >= 11 is 0. The van der Waals surface area contributed by atoms with Crippen LogP contribution >= 0.6 is 0 Å². The maximum atomic E-state index is 5.64. The van der Waals surface area contributed by atoms with Crippen LogP contribution in [-0.4, -0.2) is 18.1 Å². The minimum atomic E-state index is 0.738. The van der Waals surface area contributed by atoms with Gasteiger partial charge < -0.3 is 10.6 Å². The number of pyridine rings is 1. The van der Waals surface area contributed by atoms with Crippen LogP contribution in [-0.2, 0) is 0 Å². The standard InChI is InChI=1S/C13H21N3/c1-10(2)7-11-5-6-16(9-11)13-4-3-12(14)8-15-13/h3-4,8,10-11H,5-7,9,14H2,1-2H3/t11-/m0/s1. The summed E-state index contributed by atoms with van der Waals surface area (Å²) < 4.78 is 0. The molecule has 0 unspecified atom stereocenters. The van der Waals surface area contributed by atoms with E-state index in [-0.39, 0.29) is 0 Å². The molecule has 0 aliphatic carbocycles. The largest absolute Gasteiger partial charge is 0.397 e. The van der Waals surface area contributed by atoms with E-state index in [1.807, 2.05) is 12.1 Å². The summed E-state index contributed by atoms with van der Waals surface area (Å²) in [5, 5.41) is 0. The van der Waals surface area contributed by atoms with Gasteiger partial charge in [-0.15, -0.1) is 0 Å². The van der Waals surface area contributed by atoms with Gasteiger partial charge in [0.1, 0.15) is 5.82 Å². The summed E-state index contributed by atoms with van der Waals surface area (Å²) in [6, 6.07) is 3.95. The van der Waals surface area contributed by atoms with Gasteiger partial charge in [0.15, 0.2) is 0 Å². The molecular formula is C13H21N3. The fraction of sp³-hybridized carbons (Fsp3) is 0.615. The Bertz CT molecular complexity index is 332. The lowest BCUT2D eigenvalue weighted by molar-refractivity contribution is 0.441. The van der Waals surface area contributed by atoms with Crippen molar-refractivity contribution in [2.24, 2.45) is 11.8 Å². The SMILES string of the molecule is CC(C)C[C@@H]1CCN(c2ccc(N)cn2)C1. The molecule has 1 aromatic heterocycles. The number of hydrogen-bond acceptors (Lipinski definition) is 3. The van der Waals surface area contributed by atoms with E-state index in [9.17, 15) is 0 Å². The van der Waals surface area contributed by atoms with Crippen molar-refractivity contribution in [2.75, 3.05) is 23.7 Å². The number of nitrogen functional groups attached to an aromatic ring is 1. The fourth-order valence-electron chi connectivity index (χ4n) is 2.48. The van der Waals surface area contributed by atoms with Crippen LogP contribution in [0.3, 0.4) is 0 Å². The van der Waals surface area contributed by atoms with Gasteiger partial charge in [-0.25, -0.2) is 4.98 Å². The highest BCUT2D eigenvalue weighted by Gasteiger charge is 2.23. The molecule has 2 rings (SSSR count). The first kappa shape index (κ1) is 11.2. The minimum absolute atomic E-state index is 0.738. The zero-order chi connectivity index (χ0) is 11.5.